The lowest BCUT2D eigenvalue weighted by Gasteiger charge is -2.31. The van der Waals surface area contributed by atoms with E-state index in [1.54, 1.807) is 6.07 Å². The van der Waals surface area contributed by atoms with Crippen LogP contribution in [0.4, 0.5) is 4.39 Å². The van der Waals surface area contributed by atoms with E-state index < -0.39 is 0 Å². The zero-order valence-corrected chi connectivity index (χ0v) is 15.7. The number of carbonyl (C=O) groups excluding carboxylic acids is 1. The quantitative estimate of drug-likeness (QED) is 0.649. The van der Waals surface area contributed by atoms with Crippen LogP contribution in [0.25, 0.3) is 11.0 Å². The van der Waals surface area contributed by atoms with Gasteiger partial charge in [0.2, 0.25) is 5.91 Å². The Balaban J connectivity index is 1.23. The second kappa shape index (κ2) is 8.42. The minimum Gasteiger partial charge on any atom is -0.494 e. The number of aromatic amines is 1. The number of H-pyrrole nitrogens is 1. The maximum Gasteiger partial charge on any atom is 0.222 e. The summed E-state index contributed by atoms with van der Waals surface area (Å²) in [6.07, 6.45) is 2.95. The first-order valence-electron chi connectivity index (χ1n) is 9.80. The highest BCUT2D eigenvalue weighted by Crippen LogP contribution is 2.28. The van der Waals surface area contributed by atoms with Crippen molar-refractivity contribution in [3.05, 3.63) is 60.2 Å². The van der Waals surface area contributed by atoms with Crippen LogP contribution in [0.5, 0.6) is 5.75 Å². The Morgan fingerprint density at radius 3 is 2.75 bits per heavy atom. The lowest BCUT2D eigenvalue weighted by atomic mass is 9.96. The first-order valence-corrected chi connectivity index (χ1v) is 9.80. The maximum absolute atomic E-state index is 13.4. The molecular weight excluding hydrogens is 357 g/mol. The summed E-state index contributed by atoms with van der Waals surface area (Å²) < 4.78 is 19.0. The highest BCUT2D eigenvalue weighted by atomic mass is 19.1. The van der Waals surface area contributed by atoms with Crippen LogP contribution >= 0.6 is 0 Å². The molecule has 1 aliphatic heterocycles. The second-order valence-corrected chi connectivity index (χ2v) is 7.20. The molecule has 0 aliphatic carbocycles. The van der Waals surface area contributed by atoms with Crippen molar-refractivity contribution in [1.82, 2.24) is 14.9 Å². The fourth-order valence-corrected chi connectivity index (χ4v) is 3.69. The molecule has 0 spiro atoms. The predicted octanol–water partition coefficient (Wildman–Crippen LogP) is 4.27. The van der Waals surface area contributed by atoms with Crippen LogP contribution < -0.4 is 4.74 Å². The first kappa shape index (κ1) is 18.5. The van der Waals surface area contributed by atoms with Gasteiger partial charge in [0.15, 0.2) is 0 Å². The average Bonchev–Trinajstić information content (AvgIpc) is 3.15. The van der Waals surface area contributed by atoms with Crippen LogP contribution in [0.2, 0.25) is 0 Å². The predicted molar refractivity (Wildman–Crippen MR) is 106 cm³/mol. The number of nitrogens with zero attached hydrogens (tertiary/aromatic N) is 2. The van der Waals surface area contributed by atoms with Gasteiger partial charge in [-0.1, -0.05) is 18.2 Å². The lowest BCUT2D eigenvalue weighted by molar-refractivity contribution is -0.132. The van der Waals surface area contributed by atoms with Crippen LogP contribution in [0.15, 0.2) is 48.5 Å². The lowest BCUT2D eigenvalue weighted by Crippen LogP contribution is -2.38. The third kappa shape index (κ3) is 4.32. The number of hydrogen-bond acceptors (Lipinski definition) is 3. The van der Waals surface area contributed by atoms with Gasteiger partial charge in [0.1, 0.15) is 17.4 Å². The normalized spacial score (nSPS) is 15.1. The highest BCUT2D eigenvalue weighted by Gasteiger charge is 2.25. The molecule has 4 rings (SSSR count). The molecule has 1 saturated heterocycles. The van der Waals surface area contributed by atoms with E-state index in [2.05, 4.69) is 9.97 Å². The van der Waals surface area contributed by atoms with Crippen LogP contribution in [0, 0.1) is 5.82 Å². The molecule has 0 saturated carbocycles. The Kier molecular flexibility index (Phi) is 5.55. The number of halogens is 1. The zero-order chi connectivity index (χ0) is 19.3. The van der Waals surface area contributed by atoms with Gasteiger partial charge in [-0.3, -0.25) is 4.79 Å². The maximum atomic E-state index is 13.4. The number of rotatable bonds is 6. The van der Waals surface area contributed by atoms with Crippen molar-refractivity contribution >= 4 is 16.9 Å². The van der Waals surface area contributed by atoms with Crippen molar-refractivity contribution < 1.29 is 13.9 Å². The summed E-state index contributed by atoms with van der Waals surface area (Å²) >= 11 is 0. The van der Waals surface area contributed by atoms with Crippen LogP contribution in [-0.2, 0) is 4.79 Å². The van der Waals surface area contributed by atoms with E-state index in [-0.39, 0.29) is 17.6 Å². The van der Waals surface area contributed by atoms with E-state index in [4.69, 9.17) is 4.74 Å². The molecule has 1 fully saturated rings. The van der Waals surface area contributed by atoms with Crippen LogP contribution in [0.1, 0.15) is 37.4 Å². The number of benzene rings is 2. The molecule has 1 aliphatic rings. The molecule has 0 unspecified atom stereocenters. The molecular formula is C22H24FN3O2. The molecule has 2 aromatic carbocycles. The van der Waals surface area contributed by atoms with Gasteiger partial charge < -0.3 is 14.6 Å². The number of para-hydroxylation sites is 1. The first-order chi connectivity index (χ1) is 13.7. The monoisotopic (exact) mass is 381 g/mol. The van der Waals surface area contributed by atoms with E-state index in [9.17, 15) is 9.18 Å². The number of aromatic nitrogens is 2. The summed E-state index contributed by atoms with van der Waals surface area (Å²) in [7, 11) is 0. The smallest absolute Gasteiger partial charge is 0.222 e. The fraction of sp³-hybridized carbons (Fsp3) is 0.364. The Hall–Kier alpha value is -2.89. The summed E-state index contributed by atoms with van der Waals surface area (Å²) in [6, 6.07) is 14.2. The molecule has 6 heteroatoms. The molecule has 3 aromatic rings. The standard InChI is InChI=1S/C22H24FN3O2/c23-17-8-9-19-20(15-17)25-22(24-19)16-10-12-26(13-11-16)21(27)7-4-14-28-18-5-2-1-3-6-18/h1-3,5-6,8-9,15-16H,4,7,10-14H2,(H,24,25). The Labute approximate surface area is 163 Å². The molecule has 146 valence electrons. The molecule has 1 amide bonds. The van der Waals surface area contributed by atoms with Crippen molar-refractivity contribution in [2.45, 2.75) is 31.6 Å². The van der Waals surface area contributed by atoms with Gasteiger partial charge in [-0.25, -0.2) is 9.37 Å². The summed E-state index contributed by atoms with van der Waals surface area (Å²) in [6.45, 7) is 2.00. The number of fused-ring (bicyclic) bond motifs is 1. The molecule has 2 heterocycles. The van der Waals surface area contributed by atoms with Gasteiger partial charge in [0.25, 0.3) is 0 Å². The van der Waals surface area contributed by atoms with E-state index >= 15 is 0 Å². The second-order valence-electron chi connectivity index (χ2n) is 7.20. The van der Waals surface area contributed by atoms with E-state index in [1.807, 2.05) is 35.2 Å². The van der Waals surface area contributed by atoms with Crippen molar-refractivity contribution in [2.75, 3.05) is 19.7 Å². The van der Waals surface area contributed by atoms with Gasteiger partial charge >= 0.3 is 0 Å². The molecule has 0 bridgehead atoms. The third-order valence-corrected chi connectivity index (χ3v) is 5.24. The fourth-order valence-electron chi connectivity index (χ4n) is 3.69. The largest absolute Gasteiger partial charge is 0.494 e. The average molecular weight is 381 g/mol. The number of nitrogens with one attached hydrogen (secondary N) is 1. The van der Waals surface area contributed by atoms with Crippen LogP contribution in [0.3, 0.4) is 0 Å². The number of amides is 1. The van der Waals surface area contributed by atoms with Crippen molar-refractivity contribution in [3.8, 4) is 5.75 Å². The van der Waals surface area contributed by atoms with Gasteiger partial charge in [-0.05, 0) is 49.6 Å². The van der Waals surface area contributed by atoms with E-state index in [1.165, 1.54) is 12.1 Å². The Morgan fingerprint density at radius 2 is 1.96 bits per heavy atom. The van der Waals surface area contributed by atoms with Crippen molar-refractivity contribution in [1.29, 1.82) is 0 Å². The minimum atomic E-state index is -0.264. The summed E-state index contributed by atoms with van der Waals surface area (Å²) in [5.41, 5.74) is 1.51. The van der Waals surface area contributed by atoms with E-state index in [0.717, 1.165) is 48.5 Å². The molecule has 0 radical (unpaired) electrons. The van der Waals surface area contributed by atoms with Gasteiger partial charge in [0, 0.05) is 25.4 Å². The number of imidazole rings is 1. The van der Waals surface area contributed by atoms with Crippen LogP contribution in [-0.4, -0.2) is 40.5 Å². The molecule has 1 N–H and O–H groups in total. The third-order valence-electron chi connectivity index (χ3n) is 5.24. The summed E-state index contributed by atoms with van der Waals surface area (Å²) in [4.78, 5) is 22.2. The number of ether oxygens (including phenoxy) is 1. The summed E-state index contributed by atoms with van der Waals surface area (Å²) in [5.74, 6) is 1.92. The van der Waals surface area contributed by atoms with Crippen molar-refractivity contribution in [2.24, 2.45) is 0 Å². The van der Waals surface area contributed by atoms with Gasteiger partial charge in [-0.2, -0.15) is 0 Å². The molecule has 28 heavy (non-hydrogen) atoms. The molecule has 0 atom stereocenters. The number of hydrogen-bond donors (Lipinski definition) is 1. The minimum absolute atomic E-state index is 0.182. The van der Waals surface area contributed by atoms with Gasteiger partial charge in [0.05, 0.1) is 17.6 Å². The van der Waals surface area contributed by atoms with E-state index in [0.29, 0.717) is 19.4 Å². The molecule has 5 nitrogen and oxygen atoms in total. The Morgan fingerprint density at radius 1 is 1.18 bits per heavy atom. The SMILES string of the molecule is O=C(CCCOc1ccccc1)N1CCC(c2nc3ccc(F)cc3[nH]2)CC1. The number of piperidine rings is 1. The van der Waals surface area contributed by atoms with Crippen molar-refractivity contribution in [3.63, 3.8) is 0 Å². The highest BCUT2D eigenvalue weighted by molar-refractivity contribution is 5.76. The Bertz CT molecular complexity index is 933. The zero-order valence-electron chi connectivity index (χ0n) is 15.7. The summed E-state index contributed by atoms with van der Waals surface area (Å²) in [5, 5.41) is 0. The number of carbonyl (C=O) groups is 1. The molecule has 1 aromatic heterocycles. The topological polar surface area (TPSA) is 58.2 Å². The van der Waals surface area contributed by atoms with Gasteiger partial charge in [-0.15, -0.1) is 0 Å². The number of likely N-dealkylation sites (tertiary alicyclic amines) is 1.